The third-order valence-corrected chi connectivity index (χ3v) is 4.30. The number of ether oxygens (including phenoxy) is 1. The van der Waals surface area contributed by atoms with Crippen LogP contribution in [0, 0.1) is 0 Å². The van der Waals surface area contributed by atoms with Crippen LogP contribution >= 0.6 is 11.8 Å². The number of hydrogen-bond acceptors (Lipinski definition) is 5. The van der Waals surface area contributed by atoms with Crippen LogP contribution in [0.25, 0.3) is 0 Å². The minimum absolute atomic E-state index is 0.0245. The molecule has 0 fully saturated rings. The molecule has 0 aromatic carbocycles. The largest absolute Gasteiger partial charge is 0.460 e. The van der Waals surface area contributed by atoms with Crippen LogP contribution < -0.4 is 5.32 Å². The highest BCUT2D eigenvalue weighted by molar-refractivity contribution is 8.06. The van der Waals surface area contributed by atoms with Gasteiger partial charge < -0.3 is 15.0 Å². The Morgan fingerprint density at radius 1 is 1.55 bits per heavy atom. The lowest BCUT2D eigenvalue weighted by Gasteiger charge is -2.23. The molecule has 0 spiro atoms. The van der Waals surface area contributed by atoms with Gasteiger partial charge in [0, 0.05) is 25.2 Å². The number of nitrogens with one attached hydrogen (secondary N) is 1. The molecular formula is C14H20N2O3S. The summed E-state index contributed by atoms with van der Waals surface area (Å²) in [5.74, 6) is -0.269. The minimum atomic E-state index is -0.244. The Morgan fingerprint density at radius 3 is 2.85 bits per heavy atom. The van der Waals surface area contributed by atoms with Crippen molar-refractivity contribution in [2.45, 2.75) is 45.8 Å². The van der Waals surface area contributed by atoms with E-state index in [9.17, 15) is 9.59 Å². The molecule has 2 aliphatic rings. The fourth-order valence-electron chi connectivity index (χ4n) is 2.38. The molecule has 1 atom stereocenters. The van der Waals surface area contributed by atoms with Crippen LogP contribution in [0.1, 0.15) is 33.6 Å². The van der Waals surface area contributed by atoms with Crippen molar-refractivity contribution in [1.29, 1.82) is 0 Å². The van der Waals surface area contributed by atoms with Gasteiger partial charge in [0.1, 0.15) is 0 Å². The lowest BCUT2D eigenvalue weighted by atomic mass is 10.1. The summed E-state index contributed by atoms with van der Waals surface area (Å²) >= 11 is 1.50. The molecule has 5 nitrogen and oxygen atoms in total. The normalized spacial score (nSPS) is 21.1. The summed E-state index contributed by atoms with van der Waals surface area (Å²) in [5.41, 5.74) is 1.67. The highest BCUT2D eigenvalue weighted by Crippen LogP contribution is 2.46. The minimum Gasteiger partial charge on any atom is -0.460 e. The summed E-state index contributed by atoms with van der Waals surface area (Å²) < 4.78 is 5.29. The van der Waals surface area contributed by atoms with Gasteiger partial charge in [-0.1, -0.05) is 11.8 Å². The SMILES string of the molecule is CNC(=O)CC1=CSC2=C(C(=O)OC(C)C)CC(C)N12. The molecule has 110 valence electrons. The lowest BCUT2D eigenvalue weighted by Crippen LogP contribution is -2.27. The van der Waals surface area contributed by atoms with Crippen LogP contribution in [0.15, 0.2) is 21.7 Å². The molecule has 0 bridgehead atoms. The summed E-state index contributed by atoms with van der Waals surface area (Å²) in [7, 11) is 1.63. The Morgan fingerprint density at radius 2 is 2.25 bits per heavy atom. The van der Waals surface area contributed by atoms with Crippen molar-refractivity contribution in [3.63, 3.8) is 0 Å². The van der Waals surface area contributed by atoms with Crippen LogP contribution in [0.2, 0.25) is 0 Å². The summed E-state index contributed by atoms with van der Waals surface area (Å²) in [6.45, 7) is 5.74. The lowest BCUT2D eigenvalue weighted by molar-refractivity contribution is -0.142. The first-order valence-corrected chi connectivity index (χ1v) is 7.61. The van der Waals surface area contributed by atoms with Crippen molar-refractivity contribution >= 4 is 23.6 Å². The van der Waals surface area contributed by atoms with Crippen LogP contribution in [0.5, 0.6) is 0 Å². The molecule has 0 saturated carbocycles. The quantitative estimate of drug-likeness (QED) is 0.804. The summed E-state index contributed by atoms with van der Waals surface area (Å²) in [6.07, 6.45) is 0.882. The van der Waals surface area contributed by atoms with E-state index >= 15 is 0 Å². The number of nitrogens with zero attached hydrogens (tertiary/aromatic N) is 1. The molecule has 6 heteroatoms. The average molecular weight is 296 g/mol. The Kier molecular flexibility index (Phi) is 4.42. The Hall–Kier alpha value is -1.43. The van der Waals surface area contributed by atoms with Crippen molar-refractivity contribution in [2.24, 2.45) is 0 Å². The number of rotatable bonds is 4. The fraction of sp³-hybridized carbons (Fsp3) is 0.571. The van der Waals surface area contributed by atoms with Crippen molar-refractivity contribution in [1.82, 2.24) is 10.2 Å². The molecule has 20 heavy (non-hydrogen) atoms. The van der Waals surface area contributed by atoms with Crippen molar-refractivity contribution in [3.8, 4) is 0 Å². The maximum atomic E-state index is 12.1. The van der Waals surface area contributed by atoms with Gasteiger partial charge in [-0.05, 0) is 26.2 Å². The van der Waals surface area contributed by atoms with Gasteiger partial charge in [0.15, 0.2) is 0 Å². The van der Waals surface area contributed by atoms with Crippen LogP contribution in [-0.4, -0.2) is 36.0 Å². The zero-order chi connectivity index (χ0) is 14.9. The van der Waals surface area contributed by atoms with Gasteiger partial charge in [0.25, 0.3) is 0 Å². The molecule has 0 aromatic rings. The number of fused-ring (bicyclic) bond motifs is 1. The molecule has 0 aromatic heterocycles. The molecule has 2 heterocycles. The maximum absolute atomic E-state index is 12.1. The van der Waals surface area contributed by atoms with Gasteiger partial charge in [0.05, 0.1) is 23.1 Å². The third kappa shape index (κ3) is 2.85. The Bertz CT molecular complexity index is 497. The first-order valence-electron chi connectivity index (χ1n) is 6.73. The highest BCUT2D eigenvalue weighted by atomic mass is 32.2. The zero-order valence-corrected chi connectivity index (χ0v) is 13.0. The van der Waals surface area contributed by atoms with Crippen LogP contribution in [-0.2, 0) is 14.3 Å². The summed E-state index contributed by atoms with van der Waals surface area (Å²) in [5, 5.41) is 5.49. The first-order chi connectivity index (χ1) is 9.43. The van der Waals surface area contributed by atoms with E-state index < -0.39 is 0 Å². The predicted octanol–water partition coefficient (Wildman–Crippen LogP) is 1.97. The van der Waals surface area contributed by atoms with Crippen LogP contribution in [0.3, 0.4) is 0 Å². The second kappa shape index (κ2) is 5.91. The average Bonchev–Trinajstić information content (AvgIpc) is 2.91. The predicted molar refractivity (Wildman–Crippen MR) is 78.5 cm³/mol. The number of hydrogen-bond donors (Lipinski definition) is 1. The van der Waals surface area contributed by atoms with E-state index in [1.54, 1.807) is 7.05 Å². The molecule has 2 rings (SSSR count). The topological polar surface area (TPSA) is 58.6 Å². The van der Waals surface area contributed by atoms with E-state index in [1.807, 2.05) is 19.3 Å². The Balaban J connectivity index is 2.16. The number of carbonyl (C=O) groups is 2. The van der Waals surface area contributed by atoms with E-state index in [0.29, 0.717) is 12.8 Å². The molecule has 0 saturated heterocycles. The summed E-state index contributed by atoms with van der Waals surface area (Å²) in [6, 6.07) is 0.186. The van der Waals surface area contributed by atoms with E-state index in [1.165, 1.54) is 11.8 Å². The molecule has 0 radical (unpaired) electrons. The standard InChI is InChI=1S/C14H20N2O3S/c1-8(2)19-14(18)11-5-9(3)16-10(6-12(17)15-4)7-20-13(11)16/h7-9H,5-6H2,1-4H3,(H,15,17). The number of carbonyl (C=O) groups excluding carboxylic acids is 2. The molecule has 1 N–H and O–H groups in total. The molecule has 1 amide bonds. The van der Waals surface area contributed by atoms with Crippen LogP contribution in [0.4, 0.5) is 0 Å². The van der Waals surface area contributed by atoms with Crippen molar-refractivity contribution in [3.05, 3.63) is 21.7 Å². The molecular weight excluding hydrogens is 276 g/mol. The number of thioether (sulfide) groups is 1. The van der Waals surface area contributed by atoms with E-state index in [0.717, 1.165) is 16.3 Å². The van der Waals surface area contributed by atoms with Gasteiger partial charge in [-0.25, -0.2) is 4.79 Å². The third-order valence-electron chi connectivity index (χ3n) is 3.24. The van der Waals surface area contributed by atoms with Crippen molar-refractivity contribution < 1.29 is 14.3 Å². The van der Waals surface area contributed by atoms with Gasteiger partial charge >= 0.3 is 5.97 Å². The second-order valence-electron chi connectivity index (χ2n) is 5.24. The summed E-state index contributed by atoms with van der Waals surface area (Å²) in [4.78, 5) is 25.7. The van der Waals surface area contributed by atoms with Gasteiger partial charge in [-0.2, -0.15) is 0 Å². The molecule has 1 unspecified atom stereocenters. The van der Waals surface area contributed by atoms with E-state index in [-0.39, 0.29) is 24.0 Å². The van der Waals surface area contributed by atoms with Gasteiger partial charge in [-0.3, -0.25) is 4.79 Å². The zero-order valence-electron chi connectivity index (χ0n) is 12.2. The highest BCUT2D eigenvalue weighted by Gasteiger charge is 2.38. The maximum Gasteiger partial charge on any atom is 0.337 e. The van der Waals surface area contributed by atoms with E-state index in [4.69, 9.17) is 4.74 Å². The molecule has 0 aliphatic carbocycles. The molecule has 2 aliphatic heterocycles. The fourth-order valence-corrected chi connectivity index (χ4v) is 3.54. The first kappa shape index (κ1) is 15.0. The Labute approximate surface area is 123 Å². The number of amides is 1. The monoisotopic (exact) mass is 296 g/mol. The van der Waals surface area contributed by atoms with E-state index in [2.05, 4.69) is 17.1 Å². The van der Waals surface area contributed by atoms with Gasteiger partial charge in [-0.15, -0.1) is 0 Å². The smallest absolute Gasteiger partial charge is 0.337 e. The number of esters is 1. The van der Waals surface area contributed by atoms with Crippen molar-refractivity contribution in [2.75, 3.05) is 7.05 Å². The second-order valence-corrected chi connectivity index (χ2v) is 6.10. The van der Waals surface area contributed by atoms with Gasteiger partial charge in [0.2, 0.25) is 5.91 Å².